The minimum Gasteiger partial charge on any atom is -0.444 e. The average molecular weight is 225 g/mol. The van der Waals surface area contributed by atoms with Crippen LogP contribution >= 0.6 is 0 Å². The number of ether oxygens (including phenoxy) is 1. The number of Topliss-reactive ketones (excluding diaryl/α,β-unsaturated/α-hetero) is 1. The zero-order chi connectivity index (χ0) is 11.9. The van der Waals surface area contributed by atoms with Crippen molar-refractivity contribution in [1.82, 2.24) is 5.32 Å². The summed E-state index contributed by atoms with van der Waals surface area (Å²) in [6.45, 7) is 6.08. The van der Waals surface area contributed by atoms with Crippen LogP contribution in [0.4, 0.5) is 4.79 Å². The number of nitrogens with one attached hydrogen (secondary N) is 1. The molecule has 4 nitrogen and oxygen atoms in total. The fourth-order valence-corrected chi connectivity index (χ4v) is 2.42. The molecular weight excluding hydrogens is 206 g/mol. The third kappa shape index (κ3) is 2.54. The van der Waals surface area contributed by atoms with Gasteiger partial charge >= 0.3 is 6.09 Å². The van der Waals surface area contributed by atoms with Gasteiger partial charge < -0.3 is 10.1 Å². The van der Waals surface area contributed by atoms with Crippen molar-refractivity contribution in [2.45, 2.75) is 39.2 Å². The van der Waals surface area contributed by atoms with Gasteiger partial charge in [0.15, 0.2) is 0 Å². The van der Waals surface area contributed by atoms with Gasteiger partial charge in [0.2, 0.25) is 0 Å². The van der Waals surface area contributed by atoms with Gasteiger partial charge in [0.25, 0.3) is 0 Å². The number of alkyl carbamates (subject to hydrolysis) is 1. The first kappa shape index (κ1) is 11.4. The van der Waals surface area contributed by atoms with E-state index in [1.54, 1.807) is 0 Å². The Morgan fingerprint density at radius 1 is 1.50 bits per heavy atom. The number of rotatable bonds is 2. The van der Waals surface area contributed by atoms with Crippen molar-refractivity contribution in [2.24, 2.45) is 17.8 Å². The SMILES string of the molecule is CC(C)(C)OC(=O)NC[C@@H]1CC(=O)[C@H]2C[C@@H]12. The van der Waals surface area contributed by atoms with E-state index in [2.05, 4.69) is 5.32 Å². The fraction of sp³-hybridized carbons (Fsp3) is 0.833. The summed E-state index contributed by atoms with van der Waals surface area (Å²) < 4.78 is 5.14. The molecule has 0 aromatic heterocycles. The Hall–Kier alpha value is -1.06. The van der Waals surface area contributed by atoms with E-state index in [-0.39, 0.29) is 6.09 Å². The smallest absolute Gasteiger partial charge is 0.407 e. The van der Waals surface area contributed by atoms with E-state index >= 15 is 0 Å². The number of carbonyl (C=O) groups is 2. The van der Waals surface area contributed by atoms with Crippen LogP contribution < -0.4 is 5.32 Å². The molecule has 90 valence electrons. The lowest BCUT2D eigenvalue weighted by atomic mass is 10.0. The Labute approximate surface area is 95.7 Å². The monoisotopic (exact) mass is 225 g/mol. The maximum atomic E-state index is 11.4. The van der Waals surface area contributed by atoms with Crippen molar-refractivity contribution >= 4 is 11.9 Å². The third-order valence-electron chi connectivity index (χ3n) is 3.23. The first-order chi connectivity index (χ1) is 7.37. The Bertz CT molecular complexity index is 319. The molecule has 0 aromatic rings. The molecule has 2 aliphatic carbocycles. The summed E-state index contributed by atoms with van der Waals surface area (Å²) in [5.74, 6) is 1.55. The molecule has 2 rings (SSSR count). The number of fused-ring (bicyclic) bond motifs is 1. The van der Waals surface area contributed by atoms with Crippen molar-refractivity contribution < 1.29 is 14.3 Å². The van der Waals surface area contributed by atoms with E-state index in [1.165, 1.54) is 0 Å². The molecular formula is C12H19NO3. The normalized spacial score (nSPS) is 32.2. The van der Waals surface area contributed by atoms with Crippen LogP contribution in [0.2, 0.25) is 0 Å². The molecule has 0 aromatic carbocycles. The first-order valence-corrected chi connectivity index (χ1v) is 5.86. The maximum absolute atomic E-state index is 11.4. The summed E-state index contributed by atoms with van der Waals surface area (Å²) >= 11 is 0. The summed E-state index contributed by atoms with van der Waals surface area (Å²) in [6, 6.07) is 0. The van der Waals surface area contributed by atoms with E-state index in [0.29, 0.717) is 36.5 Å². The molecule has 2 fully saturated rings. The van der Waals surface area contributed by atoms with Gasteiger partial charge in [-0.05, 0) is 39.0 Å². The van der Waals surface area contributed by atoms with Crippen LogP contribution in [0.1, 0.15) is 33.6 Å². The molecule has 2 saturated carbocycles. The minimum atomic E-state index is -0.461. The summed E-state index contributed by atoms with van der Waals surface area (Å²) in [5, 5.41) is 2.75. The molecule has 0 unspecified atom stereocenters. The van der Waals surface area contributed by atoms with Crippen LogP contribution in [-0.4, -0.2) is 24.0 Å². The quantitative estimate of drug-likeness (QED) is 0.778. The predicted molar refractivity (Wildman–Crippen MR) is 58.9 cm³/mol. The number of carbonyl (C=O) groups excluding carboxylic acids is 2. The van der Waals surface area contributed by atoms with E-state index in [4.69, 9.17) is 4.74 Å². The van der Waals surface area contributed by atoms with Gasteiger partial charge in [-0.3, -0.25) is 4.79 Å². The van der Waals surface area contributed by atoms with Gasteiger partial charge in [-0.25, -0.2) is 4.79 Å². The summed E-state index contributed by atoms with van der Waals surface area (Å²) in [5.41, 5.74) is -0.461. The van der Waals surface area contributed by atoms with Crippen molar-refractivity contribution in [3.63, 3.8) is 0 Å². The molecule has 0 aliphatic heterocycles. The molecule has 0 saturated heterocycles. The Kier molecular flexibility index (Phi) is 2.68. The Morgan fingerprint density at radius 2 is 2.19 bits per heavy atom. The molecule has 0 bridgehead atoms. The average Bonchev–Trinajstić information content (AvgIpc) is 2.83. The molecule has 16 heavy (non-hydrogen) atoms. The van der Waals surface area contributed by atoms with Crippen LogP contribution in [0.15, 0.2) is 0 Å². The van der Waals surface area contributed by atoms with E-state index in [0.717, 1.165) is 6.42 Å². The summed E-state index contributed by atoms with van der Waals surface area (Å²) in [4.78, 5) is 22.8. The second-order valence-electron chi connectivity index (χ2n) is 5.82. The van der Waals surface area contributed by atoms with Crippen LogP contribution in [0.5, 0.6) is 0 Å². The van der Waals surface area contributed by atoms with Crippen LogP contribution in [0.25, 0.3) is 0 Å². The lowest BCUT2D eigenvalue weighted by Crippen LogP contribution is -2.35. The largest absolute Gasteiger partial charge is 0.444 e. The molecule has 2 aliphatic rings. The van der Waals surface area contributed by atoms with Gasteiger partial charge in [-0.2, -0.15) is 0 Å². The molecule has 1 N–H and O–H groups in total. The van der Waals surface area contributed by atoms with Gasteiger partial charge in [0.05, 0.1) is 0 Å². The zero-order valence-corrected chi connectivity index (χ0v) is 10.1. The van der Waals surface area contributed by atoms with Crippen LogP contribution in [-0.2, 0) is 9.53 Å². The lowest BCUT2D eigenvalue weighted by Gasteiger charge is -2.20. The Balaban J connectivity index is 1.72. The molecule has 0 heterocycles. The molecule has 0 radical (unpaired) electrons. The van der Waals surface area contributed by atoms with Crippen molar-refractivity contribution in [2.75, 3.05) is 6.54 Å². The standard InChI is InChI=1S/C12H19NO3/c1-12(2,3)16-11(15)13-6-7-4-10(14)9-5-8(7)9/h7-9H,4-6H2,1-3H3,(H,13,15)/t7-,8-,9-/m0/s1. The highest BCUT2D eigenvalue weighted by Gasteiger charge is 2.53. The van der Waals surface area contributed by atoms with Crippen molar-refractivity contribution in [1.29, 1.82) is 0 Å². The molecule has 1 amide bonds. The van der Waals surface area contributed by atoms with Gasteiger partial charge in [-0.15, -0.1) is 0 Å². The summed E-state index contributed by atoms with van der Waals surface area (Å²) in [6.07, 6.45) is 1.27. The molecule has 0 spiro atoms. The highest BCUT2D eigenvalue weighted by Crippen LogP contribution is 2.52. The lowest BCUT2D eigenvalue weighted by molar-refractivity contribution is -0.119. The first-order valence-electron chi connectivity index (χ1n) is 5.86. The van der Waals surface area contributed by atoms with Gasteiger partial charge in [0, 0.05) is 18.9 Å². The van der Waals surface area contributed by atoms with Crippen LogP contribution in [0, 0.1) is 17.8 Å². The molecule has 3 atom stereocenters. The Morgan fingerprint density at radius 3 is 2.62 bits per heavy atom. The van der Waals surface area contributed by atoms with E-state index in [1.807, 2.05) is 20.8 Å². The van der Waals surface area contributed by atoms with Gasteiger partial charge in [-0.1, -0.05) is 0 Å². The summed E-state index contributed by atoms with van der Waals surface area (Å²) in [7, 11) is 0. The number of hydrogen-bond acceptors (Lipinski definition) is 3. The topological polar surface area (TPSA) is 55.4 Å². The number of ketones is 1. The number of hydrogen-bond donors (Lipinski definition) is 1. The highest BCUT2D eigenvalue weighted by molar-refractivity contribution is 5.87. The van der Waals surface area contributed by atoms with E-state index < -0.39 is 5.60 Å². The van der Waals surface area contributed by atoms with Crippen molar-refractivity contribution in [3.05, 3.63) is 0 Å². The second kappa shape index (κ2) is 3.75. The van der Waals surface area contributed by atoms with Crippen molar-refractivity contribution in [3.8, 4) is 0 Å². The van der Waals surface area contributed by atoms with Crippen LogP contribution in [0.3, 0.4) is 0 Å². The van der Waals surface area contributed by atoms with E-state index in [9.17, 15) is 9.59 Å². The highest BCUT2D eigenvalue weighted by atomic mass is 16.6. The minimum absolute atomic E-state index is 0.311. The predicted octanol–water partition coefficient (Wildman–Crippen LogP) is 1.74. The molecule has 4 heteroatoms. The second-order valence-corrected chi connectivity index (χ2v) is 5.82. The maximum Gasteiger partial charge on any atom is 0.407 e. The van der Waals surface area contributed by atoms with Gasteiger partial charge in [0.1, 0.15) is 11.4 Å². The zero-order valence-electron chi connectivity index (χ0n) is 10.1. The third-order valence-corrected chi connectivity index (χ3v) is 3.23. The fourth-order valence-electron chi connectivity index (χ4n) is 2.42. The number of amides is 1.